The number of carbonyl (C=O) groups is 2. The van der Waals surface area contributed by atoms with E-state index >= 15 is 4.39 Å². The lowest BCUT2D eigenvalue weighted by molar-refractivity contribution is -0.111. The highest BCUT2D eigenvalue weighted by Gasteiger charge is 2.39. The Balaban J connectivity index is 1.87. The van der Waals surface area contributed by atoms with Crippen LogP contribution in [0.4, 0.5) is 13.2 Å². The smallest absolute Gasteiger partial charge is 0.282 e. The van der Waals surface area contributed by atoms with Gasteiger partial charge in [-0.2, -0.15) is 0 Å². The summed E-state index contributed by atoms with van der Waals surface area (Å²) >= 11 is 0. The predicted octanol–water partition coefficient (Wildman–Crippen LogP) is 5.84. The van der Waals surface area contributed by atoms with Crippen molar-refractivity contribution in [3.05, 3.63) is 94.0 Å². The van der Waals surface area contributed by atoms with Gasteiger partial charge in [0.1, 0.15) is 23.1 Å². The van der Waals surface area contributed by atoms with Gasteiger partial charge in [0.05, 0.1) is 17.3 Å². The van der Waals surface area contributed by atoms with Crippen LogP contribution in [0.2, 0.25) is 0 Å². The van der Waals surface area contributed by atoms with E-state index in [4.69, 9.17) is 0 Å². The van der Waals surface area contributed by atoms with Gasteiger partial charge in [0.25, 0.3) is 5.91 Å². The molecule has 3 aromatic rings. The minimum atomic E-state index is -4.03. The molecule has 2 aromatic carbocycles. The van der Waals surface area contributed by atoms with Gasteiger partial charge in [-0.3, -0.25) is 9.59 Å². The number of sulfonamides is 1. The van der Waals surface area contributed by atoms with Crippen LogP contribution in [0.3, 0.4) is 0 Å². The number of fused-ring (bicyclic) bond motifs is 3. The highest BCUT2D eigenvalue weighted by Crippen LogP contribution is 2.40. The van der Waals surface area contributed by atoms with Gasteiger partial charge in [0, 0.05) is 27.6 Å². The Bertz CT molecular complexity index is 1760. The van der Waals surface area contributed by atoms with E-state index in [1.54, 1.807) is 24.3 Å². The van der Waals surface area contributed by atoms with Crippen molar-refractivity contribution >= 4 is 44.3 Å². The second kappa shape index (κ2) is 10.6. The Kier molecular flexibility index (Phi) is 7.31. The van der Waals surface area contributed by atoms with Crippen molar-refractivity contribution in [3.8, 4) is 0 Å². The first kappa shape index (κ1) is 27.6. The molecule has 2 aliphatic carbocycles. The summed E-state index contributed by atoms with van der Waals surface area (Å²) in [5, 5.41) is -0.349. The molecule has 0 radical (unpaired) electrons. The highest BCUT2D eigenvalue weighted by atomic mass is 32.2. The van der Waals surface area contributed by atoms with Crippen molar-refractivity contribution < 1.29 is 31.2 Å². The van der Waals surface area contributed by atoms with Crippen LogP contribution in [-0.4, -0.2) is 29.9 Å². The van der Waals surface area contributed by atoms with Gasteiger partial charge in [-0.1, -0.05) is 37.3 Å². The zero-order valence-electron chi connectivity index (χ0n) is 21.9. The fourth-order valence-electron chi connectivity index (χ4n) is 5.07. The SMILES string of the molecule is CC/C=C\C=C(/C(C)=O)c1c(C(=O)NS(=O)(=O)C2CC2)n(Cc2cc(F)ccc2F)c2cc(F)c3c(c12)CC=C3. The number of hydrogen-bond acceptors (Lipinski definition) is 4. The third kappa shape index (κ3) is 5.03. The highest BCUT2D eigenvalue weighted by molar-refractivity contribution is 7.91. The van der Waals surface area contributed by atoms with Crippen molar-refractivity contribution in [2.24, 2.45) is 0 Å². The number of halogens is 3. The van der Waals surface area contributed by atoms with Crippen molar-refractivity contribution in [2.45, 2.75) is 51.3 Å². The number of allylic oxidation sites excluding steroid dienone is 5. The summed E-state index contributed by atoms with van der Waals surface area (Å²) < 4.78 is 73.3. The Morgan fingerprint density at radius 1 is 1.12 bits per heavy atom. The van der Waals surface area contributed by atoms with Crippen LogP contribution in [0.5, 0.6) is 0 Å². The van der Waals surface area contributed by atoms with E-state index < -0.39 is 51.0 Å². The summed E-state index contributed by atoms with van der Waals surface area (Å²) in [6.07, 6.45) is 10.1. The fourth-order valence-corrected chi connectivity index (χ4v) is 6.35. The number of rotatable bonds is 9. The maximum Gasteiger partial charge on any atom is 0.282 e. The maximum absolute atomic E-state index is 15.3. The van der Waals surface area contributed by atoms with Crippen LogP contribution < -0.4 is 4.72 Å². The lowest BCUT2D eigenvalue weighted by atomic mass is 9.93. The average Bonchev–Trinajstić information content (AvgIpc) is 3.57. The van der Waals surface area contributed by atoms with Gasteiger partial charge in [0.15, 0.2) is 5.78 Å². The van der Waals surface area contributed by atoms with Gasteiger partial charge >= 0.3 is 0 Å². The molecule has 0 aliphatic heterocycles. The van der Waals surface area contributed by atoms with Crippen LogP contribution in [-0.2, 0) is 27.8 Å². The van der Waals surface area contributed by atoms with Gasteiger partial charge in [-0.15, -0.1) is 0 Å². The third-order valence-electron chi connectivity index (χ3n) is 7.09. The largest absolute Gasteiger partial charge is 0.331 e. The van der Waals surface area contributed by atoms with Gasteiger partial charge in [-0.25, -0.2) is 26.3 Å². The zero-order valence-corrected chi connectivity index (χ0v) is 22.7. The molecule has 1 amide bonds. The second-order valence-electron chi connectivity index (χ2n) is 9.95. The van der Waals surface area contributed by atoms with Gasteiger partial charge in [0.2, 0.25) is 10.0 Å². The summed E-state index contributed by atoms with van der Waals surface area (Å²) in [6, 6.07) is 4.02. The summed E-state index contributed by atoms with van der Waals surface area (Å²) in [5.41, 5.74) is 0.766. The van der Waals surface area contributed by atoms with Crippen molar-refractivity contribution in [3.63, 3.8) is 0 Å². The number of benzene rings is 2. The Labute approximate surface area is 229 Å². The number of aromatic nitrogens is 1. The Morgan fingerprint density at radius 2 is 1.88 bits per heavy atom. The molecule has 2 aliphatic rings. The minimum Gasteiger partial charge on any atom is -0.331 e. The number of ketones is 1. The van der Waals surface area contributed by atoms with E-state index in [1.807, 2.05) is 6.92 Å². The summed E-state index contributed by atoms with van der Waals surface area (Å²) in [7, 11) is -4.03. The van der Waals surface area contributed by atoms with E-state index in [2.05, 4.69) is 4.72 Å². The van der Waals surface area contributed by atoms with Crippen LogP contribution >= 0.6 is 0 Å². The molecule has 1 heterocycles. The molecule has 208 valence electrons. The van der Waals surface area contributed by atoms with Gasteiger partial charge in [-0.05, 0) is 62.4 Å². The molecule has 1 fully saturated rings. The average molecular weight is 569 g/mol. The standard InChI is InChI=1S/C30H27F3N2O4S/c1-3-4-5-7-21(17(2)36)28-27-23-9-6-8-22(23)25(33)15-26(27)35(16-18-14-19(31)10-13-24(18)32)29(28)30(37)34-40(38,39)20-11-12-20/h4-8,10,13-15,20H,3,9,11-12,16H2,1-2H3,(H,34,37)/b5-4-,21-7+. The van der Waals surface area contributed by atoms with E-state index in [0.29, 0.717) is 36.6 Å². The van der Waals surface area contributed by atoms with Crippen molar-refractivity contribution in [1.29, 1.82) is 0 Å². The first-order valence-corrected chi connectivity index (χ1v) is 14.5. The molecule has 1 aromatic heterocycles. The molecule has 1 saturated carbocycles. The maximum atomic E-state index is 15.3. The van der Waals surface area contributed by atoms with Crippen LogP contribution in [0.25, 0.3) is 22.6 Å². The molecule has 1 N–H and O–H groups in total. The quantitative estimate of drug-likeness (QED) is 0.260. The number of amides is 1. The molecule has 0 unspecified atom stereocenters. The minimum absolute atomic E-state index is 0.0999. The molecule has 5 rings (SSSR count). The molecular weight excluding hydrogens is 541 g/mol. The number of nitrogens with one attached hydrogen (secondary N) is 1. The van der Waals surface area contributed by atoms with E-state index in [-0.39, 0.29) is 33.5 Å². The van der Waals surface area contributed by atoms with Crippen LogP contribution in [0.1, 0.15) is 65.9 Å². The molecule has 10 heteroatoms. The van der Waals surface area contributed by atoms with Gasteiger partial charge < -0.3 is 4.57 Å². The van der Waals surface area contributed by atoms with E-state index in [1.165, 1.54) is 23.6 Å². The normalized spacial score (nSPS) is 15.3. The molecule has 0 bridgehead atoms. The summed E-state index contributed by atoms with van der Waals surface area (Å²) in [6.45, 7) is 2.79. The zero-order chi connectivity index (χ0) is 28.8. The first-order chi connectivity index (χ1) is 19.0. The first-order valence-electron chi connectivity index (χ1n) is 13.0. The lowest BCUT2D eigenvalue weighted by Crippen LogP contribution is -2.35. The van der Waals surface area contributed by atoms with Crippen molar-refractivity contribution in [1.82, 2.24) is 9.29 Å². The van der Waals surface area contributed by atoms with Crippen LogP contribution in [0.15, 0.2) is 48.6 Å². The summed E-state index contributed by atoms with van der Waals surface area (Å²) in [5.74, 6) is -3.54. The number of nitrogens with zero attached hydrogens (tertiary/aromatic N) is 1. The second-order valence-corrected chi connectivity index (χ2v) is 11.9. The number of hydrogen-bond donors (Lipinski definition) is 1. The molecule has 0 saturated heterocycles. The Hall–Kier alpha value is -3.92. The molecule has 0 atom stereocenters. The fraction of sp³-hybridized carbons (Fsp3) is 0.267. The topological polar surface area (TPSA) is 85.2 Å². The van der Waals surface area contributed by atoms with E-state index in [9.17, 15) is 26.8 Å². The third-order valence-corrected chi connectivity index (χ3v) is 8.91. The molecule has 40 heavy (non-hydrogen) atoms. The molecule has 0 spiro atoms. The van der Waals surface area contributed by atoms with E-state index in [0.717, 1.165) is 18.2 Å². The number of Topliss-reactive ketones (excluding diaryl/α,β-unsaturated/α-hetero) is 1. The molecular formula is C30H27F3N2O4S. The lowest BCUT2D eigenvalue weighted by Gasteiger charge is -2.14. The van der Waals surface area contributed by atoms with Crippen molar-refractivity contribution in [2.75, 3.05) is 0 Å². The molecule has 6 nitrogen and oxygen atoms in total. The monoisotopic (exact) mass is 568 g/mol. The number of carbonyl (C=O) groups excluding carboxylic acids is 2. The van der Waals surface area contributed by atoms with Crippen LogP contribution in [0, 0.1) is 17.5 Å². The predicted molar refractivity (Wildman–Crippen MR) is 148 cm³/mol. The summed E-state index contributed by atoms with van der Waals surface area (Å²) in [4.78, 5) is 26.9. The Morgan fingerprint density at radius 3 is 2.55 bits per heavy atom.